The fraction of sp³-hybridized carbons (Fsp3) is 0.818. The van der Waals surface area contributed by atoms with Crippen molar-refractivity contribution in [1.82, 2.24) is 0 Å². The molecule has 0 heterocycles. The van der Waals surface area contributed by atoms with Gasteiger partial charge in [-0.3, -0.25) is 9.59 Å². The molecule has 0 unspecified atom stereocenters. The maximum atomic E-state index is 12.7. The Balaban J connectivity index is 1.66. The van der Waals surface area contributed by atoms with E-state index in [1.54, 1.807) is 0 Å². The van der Waals surface area contributed by atoms with E-state index in [9.17, 15) is 9.59 Å². The molecule has 27 heavy (non-hydrogen) atoms. The van der Waals surface area contributed by atoms with Crippen molar-refractivity contribution in [2.45, 2.75) is 81.6 Å². The van der Waals surface area contributed by atoms with Gasteiger partial charge in [-0.05, 0) is 61.7 Å². The highest BCUT2D eigenvalue weighted by Gasteiger charge is 2.67. The minimum atomic E-state index is -0.565. The molecule has 0 spiro atoms. The van der Waals surface area contributed by atoms with Gasteiger partial charge in [0.05, 0.1) is 10.3 Å². The van der Waals surface area contributed by atoms with Crippen molar-refractivity contribution in [2.75, 3.05) is 0 Å². The van der Waals surface area contributed by atoms with Gasteiger partial charge in [0, 0.05) is 25.2 Å². The zero-order valence-electron chi connectivity index (χ0n) is 16.3. The lowest BCUT2D eigenvalue weighted by atomic mass is 9.44. The van der Waals surface area contributed by atoms with Crippen LogP contribution in [-0.4, -0.2) is 28.1 Å². The molecule has 0 aromatic heterocycles. The maximum absolute atomic E-state index is 12.7. The molecular formula is C22H30Cl2O3. The number of hydrogen-bond donors (Lipinski definition) is 0. The van der Waals surface area contributed by atoms with Gasteiger partial charge in [0.1, 0.15) is 11.9 Å². The second kappa shape index (κ2) is 6.49. The summed E-state index contributed by atoms with van der Waals surface area (Å²) in [5.41, 5.74) is -0.436. The summed E-state index contributed by atoms with van der Waals surface area (Å²) in [6, 6.07) is 0. The molecule has 0 amide bonds. The van der Waals surface area contributed by atoms with Gasteiger partial charge >= 0.3 is 5.97 Å². The fourth-order valence-electron chi connectivity index (χ4n) is 7.36. The lowest BCUT2D eigenvalue weighted by Crippen LogP contribution is -2.65. The summed E-state index contributed by atoms with van der Waals surface area (Å²) in [4.78, 5) is 23.6. The molecule has 3 nitrogen and oxygen atoms in total. The summed E-state index contributed by atoms with van der Waals surface area (Å²) in [6.45, 7) is 7.80. The SMILES string of the molecule is C=C[C@]12CC[C@H]3[C@@H](C[C@@H](Cl)[C@]4(Cl)C[C@@H](OC(C)=O)CC[C@]34C)[C@@H]1CCC2=O. The van der Waals surface area contributed by atoms with Crippen LogP contribution in [0.1, 0.15) is 65.2 Å². The third kappa shape index (κ3) is 2.60. The van der Waals surface area contributed by atoms with E-state index in [4.69, 9.17) is 27.9 Å². The lowest BCUT2D eigenvalue weighted by molar-refractivity contribution is -0.155. The molecule has 4 rings (SSSR count). The molecule has 4 aliphatic carbocycles. The summed E-state index contributed by atoms with van der Waals surface area (Å²) in [5, 5.41) is -0.180. The molecule has 0 aromatic rings. The molecular weight excluding hydrogens is 383 g/mol. The summed E-state index contributed by atoms with van der Waals surface area (Å²) < 4.78 is 5.51. The van der Waals surface area contributed by atoms with Crippen molar-refractivity contribution in [1.29, 1.82) is 0 Å². The zero-order valence-corrected chi connectivity index (χ0v) is 17.8. The van der Waals surface area contributed by atoms with E-state index in [-0.39, 0.29) is 28.3 Å². The number of carbonyl (C=O) groups is 2. The lowest BCUT2D eigenvalue weighted by Gasteiger charge is -2.64. The number of allylic oxidation sites excluding steroid dienone is 1. The van der Waals surface area contributed by atoms with E-state index in [1.807, 2.05) is 6.08 Å². The molecule has 0 saturated heterocycles. The third-order valence-electron chi connectivity index (χ3n) is 8.72. The first kappa shape index (κ1) is 19.8. The summed E-state index contributed by atoms with van der Waals surface area (Å²) in [7, 11) is 0. The van der Waals surface area contributed by atoms with Crippen LogP contribution in [0, 0.1) is 28.6 Å². The number of rotatable bonds is 2. The second-order valence-electron chi connectivity index (χ2n) is 9.58. The molecule has 4 saturated carbocycles. The quantitative estimate of drug-likeness (QED) is 0.352. The maximum Gasteiger partial charge on any atom is 0.302 e. The van der Waals surface area contributed by atoms with Gasteiger partial charge in [-0.2, -0.15) is 0 Å². The highest BCUT2D eigenvalue weighted by molar-refractivity contribution is 6.33. The van der Waals surface area contributed by atoms with Crippen molar-refractivity contribution in [3.8, 4) is 0 Å². The molecule has 150 valence electrons. The van der Waals surface area contributed by atoms with E-state index in [0.717, 1.165) is 38.5 Å². The minimum absolute atomic E-state index is 0.0977. The standard InChI is InChI=1S/C22H30Cl2O3/c1-4-21-10-8-16-15(17(21)5-6-19(21)26)11-18(23)22(24)12-14(27-13(2)25)7-9-20(16,22)3/h4,14-18H,1,5-12H2,2-3H3/t14-,15+,16-,17-,18+,20+,21-,22+/m0/s1. The largest absolute Gasteiger partial charge is 0.462 e. The molecule has 0 N–H and O–H groups in total. The van der Waals surface area contributed by atoms with E-state index < -0.39 is 4.87 Å². The molecule has 4 aliphatic rings. The molecule has 0 radical (unpaired) electrons. The van der Waals surface area contributed by atoms with Crippen LogP contribution in [0.5, 0.6) is 0 Å². The topological polar surface area (TPSA) is 43.4 Å². The summed E-state index contributed by atoms with van der Waals surface area (Å²) >= 11 is 14.3. The molecule has 0 aromatic carbocycles. The van der Waals surface area contributed by atoms with E-state index in [1.165, 1.54) is 6.92 Å². The van der Waals surface area contributed by atoms with Gasteiger partial charge in [0.15, 0.2) is 0 Å². The summed E-state index contributed by atoms with van der Waals surface area (Å²) in [6.07, 6.45) is 8.54. The Morgan fingerprint density at radius 3 is 2.67 bits per heavy atom. The minimum Gasteiger partial charge on any atom is -0.462 e. The second-order valence-corrected chi connectivity index (χ2v) is 10.8. The van der Waals surface area contributed by atoms with Crippen LogP contribution in [0.25, 0.3) is 0 Å². The van der Waals surface area contributed by atoms with Crippen LogP contribution in [-0.2, 0) is 14.3 Å². The van der Waals surface area contributed by atoms with Gasteiger partial charge in [-0.25, -0.2) is 0 Å². The number of ketones is 1. The van der Waals surface area contributed by atoms with Crippen LogP contribution in [0.3, 0.4) is 0 Å². The number of alkyl halides is 2. The highest BCUT2D eigenvalue weighted by atomic mass is 35.5. The number of halogens is 2. The van der Waals surface area contributed by atoms with Crippen molar-refractivity contribution < 1.29 is 14.3 Å². The average Bonchev–Trinajstić information content (AvgIpc) is 2.95. The van der Waals surface area contributed by atoms with E-state index >= 15 is 0 Å². The molecule has 4 fully saturated rings. The van der Waals surface area contributed by atoms with Crippen LogP contribution in [0.15, 0.2) is 12.7 Å². The normalized spacial score (nSPS) is 51.7. The molecule has 0 bridgehead atoms. The van der Waals surface area contributed by atoms with Gasteiger partial charge in [0.2, 0.25) is 0 Å². The molecule has 5 heteroatoms. The zero-order chi connectivity index (χ0) is 19.6. The first-order chi connectivity index (χ1) is 12.7. The highest BCUT2D eigenvalue weighted by Crippen LogP contribution is 2.69. The van der Waals surface area contributed by atoms with Gasteiger partial charge in [0.25, 0.3) is 0 Å². The Bertz CT molecular complexity index is 678. The third-order valence-corrected chi connectivity index (χ3v) is 10.2. The van der Waals surface area contributed by atoms with Gasteiger partial charge < -0.3 is 4.74 Å². The van der Waals surface area contributed by atoms with Crippen molar-refractivity contribution in [3.63, 3.8) is 0 Å². The predicted octanol–water partition coefficient (Wildman–Crippen LogP) is 5.27. The van der Waals surface area contributed by atoms with Crippen molar-refractivity contribution in [3.05, 3.63) is 12.7 Å². The van der Waals surface area contributed by atoms with Gasteiger partial charge in [-0.15, -0.1) is 29.8 Å². The van der Waals surface area contributed by atoms with Crippen LogP contribution < -0.4 is 0 Å². The Morgan fingerprint density at radius 1 is 1.26 bits per heavy atom. The van der Waals surface area contributed by atoms with Crippen molar-refractivity contribution in [2.24, 2.45) is 28.6 Å². The molecule has 0 aliphatic heterocycles. The summed E-state index contributed by atoms with van der Waals surface area (Å²) in [5.74, 6) is 1.37. The monoisotopic (exact) mass is 412 g/mol. The Hall–Kier alpha value is -0.540. The fourth-order valence-corrected chi connectivity index (χ4v) is 8.40. The number of hydrogen-bond acceptors (Lipinski definition) is 3. The number of fused-ring (bicyclic) bond motifs is 5. The van der Waals surface area contributed by atoms with Crippen molar-refractivity contribution >= 4 is 35.0 Å². The van der Waals surface area contributed by atoms with Crippen LogP contribution in [0.2, 0.25) is 0 Å². The predicted molar refractivity (Wildman–Crippen MR) is 107 cm³/mol. The van der Waals surface area contributed by atoms with E-state index in [2.05, 4.69) is 13.5 Å². The molecule has 8 atom stereocenters. The van der Waals surface area contributed by atoms with Gasteiger partial charge in [-0.1, -0.05) is 13.0 Å². The first-order valence-electron chi connectivity index (χ1n) is 10.3. The number of carbonyl (C=O) groups excluding carboxylic acids is 2. The van der Waals surface area contributed by atoms with E-state index in [0.29, 0.717) is 36.4 Å². The number of esters is 1. The smallest absolute Gasteiger partial charge is 0.302 e. The first-order valence-corrected chi connectivity index (χ1v) is 11.2. The Morgan fingerprint density at radius 2 is 2.00 bits per heavy atom. The Kier molecular flexibility index (Phi) is 4.75. The average molecular weight is 413 g/mol. The number of Topliss-reactive ketones (excluding diaryl/α,β-unsaturated/α-hetero) is 1. The Labute approximate surface area is 172 Å². The van der Waals surface area contributed by atoms with Crippen LogP contribution >= 0.6 is 23.2 Å². The number of ether oxygens (including phenoxy) is 1. The van der Waals surface area contributed by atoms with Crippen LogP contribution in [0.4, 0.5) is 0 Å².